The van der Waals surface area contributed by atoms with Crippen LogP contribution in [0.5, 0.6) is 0 Å². The Morgan fingerprint density at radius 3 is 2.50 bits per heavy atom. The second-order valence-electron chi connectivity index (χ2n) is 6.59. The predicted molar refractivity (Wildman–Crippen MR) is 84.8 cm³/mol. The first-order valence-corrected chi connectivity index (χ1v) is 8.48. The summed E-state index contributed by atoms with van der Waals surface area (Å²) in [4.78, 5) is 17.0. The largest absolute Gasteiger partial charge is 0.342 e. The van der Waals surface area contributed by atoms with Gasteiger partial charge in [0.05, 0.1) is 5.92 Å². The van der Waals surface area contributed by atoms with Crippen molar-refractivity contribution in [2.45, 2.75) is 38.6 Å². The molecule has 22 heavy (non-hydrogen) atoms. The Morgan fingerprint density at radius 1 is 1.05 bits per heavy atom. The molecule has 3 rings (SSSR count). The van der Waals surface area contributed by atoms with Crippen molar-refractivity contribution in [3.05, 3.63) is 35.6 Å². The van der Waals surface area contributed by atoms with E-state index in [2.05, 4.69) is 9.80 Å². The van der Waals surface area contributed by atoms with Gasteiger partial charge in [-0.3, -0.25) is 9.69 Å². The van der Waals surface area contributed by atoms with Gasteiger partial charge >= 0.3 is 0 Å². The Bertz CT molecular complexity index is 496. The van der Waals surface area contributed by atoms with Gasteiger partial charge in [0.2, 0.25) is 5.91 Å². The van der Waals surface area contributed by atoms with Crippen LogP contribution in [0.3, 0.4) is 0 Å². The minimum Gasteiger partial charge on any atom is -0.342 e. The van der Waals surface area contributed by atoms with Crippen LogP contribution in [-0.4, -0.2) is 41.9 Å². The highest BCUT2D eigenvalue weighted by atomic mass is 19.1. The standard InChI is InChI=1S/C18H25FN2O/c19-17-8-6-15(7-9-17)13-20-10-4-5-16(14-20)18(22)21-11-2-1-3-12-21/h6-9,16H,1-5,10-14H2/t16-/m1/s1. The number of carbonyl (C=O) groups excluding carboxylic acids is 1. The molecule has 1 aromatic carbocycles. The predicted octanol–water partition coefficient (Wildman–Crippen LogP) is 3.05. The number of halogens is 1. The Balaban J connectivity index is 1.56. The third-order valence-corrected chi connectivity index (χ3v) is 4.84. The summed E-state index contributed by atoms with van der Waals surface area (Å²) in [7, 11) is 0. The fraction of sp³-hybridized carbons (Fsp3) is 0.611. The van der Waals surface area contributed by atoms with Crippen LogP contribution in [0, 0.1) is 11.7 Å². The highest BCUT2D eigenvalue weighted by molar-refractivity contribution is 5.79. The summed E-state index contributed by atoms with van der Waals surface area (Å²) < 4.78 is 13.0. The molecule has 0 aromatic heterocycles. The number of hydrogen-bond acceptors (Lipinski definition) is 2. The lowest BCUT2D eigenvalue weighted by Gasteiger charge is -2.36. The van der Waals surface area contributed by atoms with E-state index in [9.17, 15) is 9.18 Å². The molecule has 0 unspecified atom stereocenters. The number of nitrogens with zero attached hydrogens (tertiary/aromatic N) is 2. The molecular formula is C18H25FN2O. The summed E-state index contributed by atoms with van der Waals surface area (Å²) in [6.45, 7) is 4.55. The molecule has 0 saturated carbocycles. The molecule has 4 heteroatoms. The highest BCUT2D eigenvalue weighted by Crippen LogP contribution is 2.22. The Kier molecular flexibility index (Phi) is 5.08. The average molecular weight is 304 g/mol. The first-order valence-electron chi connectivity index (χ1n) is 8.48. The third-order valence-electron chi connectivity index (χ3n) is 4.84. The van der Waals surface area contributed by atoms with Gasteiger partial charge in [0.1, 0.15) is 5.82 Å². The number of piperidine rings is 2. The van der Waals surface area contributed by atoms with E-state index >= 15 is 0 Å². The van der Waals surface area contributed by atoms with E-state index in [-0.39, 0.29) is 11.7 Å². The van der Waals surface area contributed by atoms with Gasteiger partial charge in [-0.1, -0.05) is 12.1 Å². The van der Waals surface area contributed by atoms with E-state index in [4.69, 9.17) is 0 Å². The molecule has 3 nitrogen and oxygen atoms in total. The minimum absolute atomic E-state index is 0.146. The molecule has 0 radical (unpaired) electrons. The van der Waals surface area contributed by atoms with Crippen LogP contribution < -0.4 is 0 Å². The number of carbonyl (C=O) groups is 1. The van der Waals surface area contributed by atoms with Gasteiger partial charge in [-0.25, -0.2) is 4.39 Å². The van der Waals surface area contributed by atoms with Crippen molar-refractivity contribution in [1.82, 2.24) is 9.80 Å². The quantitative estimate of drug-likeness (QED) is 0.857. The van der Waals surface area contributed by atoms with Gasteiger partial charge in [0.25, 0.3) is 0 Å². The average Bonchev–Trinajstić information content (AvgIpc) is 2.57. The maximum Gasteiger partial charge on any atom is 0.226 e. The van der Waals surface area contributed by atoms with Gasteiger partial charge in [-0.15, -0.1) is 0 Å². The molecule has 2 saturated heterocycles. The van der Waals surface area contributed by atoms with Gasteiger partial charge in [0.15, 0.2) is 0 Å². The molecule has 120 valence electrons. The zero-order valence-corrected chi connectivity index (χ0v) is 13.1. The zero-order valence-electron chi connectivity index (χ0n) is 13.1. The zero-order chi connectivity index (χ0) is 15.4. The van der Waals surface area contributed by atoms with E-state index in [1.54, 1.807) is 0 Å². The molecule has 1 atom stereocenters. The lowest BCUT2D eigenvalue weighted by molar-refractivity contribution is -0.138. The molecule has 0 aliphatic carbocycles. The van der Waals surface area contributed by atoms with Gasteiger partial charge in [0, 0.05) is 26.2 Å². The van der Waals surface area contributed by atoms with Crippen LogP contribution in [0.25, 0.3) is 0 Å². The molecule has 1 amide bonds. The van der Waals surface area contributed by atoms with E-state index in [0.717, 1.165) is 64.0 Å². The van der Waals surface area contributed by atoms with E-state index in [1.807, 2.05) is 12.1 Å². The maximum absolute atomic E-state index is 13.0. The summed E-state index contributed by atoms with van der Waals surface area (Å²) in [6.07, 6.45) is 5.64. The molecule has 2 fully saturated rings. The summed E-state index contributed by atoms with van der Waals surface area (Å²) >= 11 is 0. The van der Waals surface area contributed by atoms with Crippen molar-refractivity contribution in [2.75, 3.05) is 26.2 Å². The molecule has 2 heterocycles. The first kappa shape index (κ1) is 15.5. The molecule has 1 aromatic rings. The third kappa shape index (κ3) is 3.86. The fourth-order valence-corrected chi connectivity index (χ4v) is 3.62. The van der Waals surface area contributed by atoms with Crippen LogP contribution >= 0.6 is 0 Å². The van der Waals surface area contributed by atoms with Crippen LogP contribution in [0.4, 0.5) is 4.39 Å². The van der Waals surface area contributed by atoms with Crippen molar-refractivity contribution < 1.29 is 9.18 Å². The van der Waals surface area contributed by atoms with Crippen molar-refractivity contribution in [3.8, 4) is 0 Å². The van der Waals surface area contributed by atoms with E-state index in [0.29, 0.717) is 5.91 Å². The van der Waals surface area contributed by atoms with Gasteiger partial charge < -0.3 is 4.90 Å². The number of rotatable bonds is 3. The van der Waals surface area contributed by atoms with Crippen molar-refractivity contribution >= 4 is 5.91 Å². The van der Waals surface area contributed by atoms with E-state index in [1.165, 1.54) is 18.6 Å². The molecule has 2 aliphatic rings. The smallest absolute Gasteiger partial charge is 0.226 e. The van der Waals surface area contributed by atoms with Crippen LogP contribution in [0.1, 0.15) is 37.7 Å². The number of amides is 1. The Morgan fingerprint density at radius 2 is 1.77 bits per heavy atom. The van der Waals surface area contributed by atoms with Crippen molar-refractivity contribution in [3.63, 3.8) is 0 Å². The monoisotopic (exact) mass is 304 g/mol. The topological polar surface area (TPSA) is 23.6 Å². The second kappa shape index (κ2) is 7.23. The molecule has 2 aliphatic heterocycles. The number of hydrogen-bond donors (Lipinski definition) is 0. The van der Waals surface area contributed by atoms with Crippen LogP contribution in [0.2, 0.25) is 0 Å². The normalized spacial score (nSPS) is 23.5. The van der Waals surface area contributed by atoms with E-state index < -0.39 is 0 Å². The maximum atomic E-state index is 13.0. The van der Waals surface area contributed by atoms with Crippen molar-refractivity contribution in [2.24, 2.45) is 5.92 Å². The number of benzene rings is 1. The van der Waals surface area contributed by atoms with Gasteiger partial charge in [-0.05, 0) is 56.3 Å². The molecule has 0 N–H and O–H groups in total. The van der Waals surface area contributed by atoms with Crippen LogP contribution in [-0.2, 0) is 11.3 Å². The summed E-state index contributed by atoms with van der Waals surface area (Å²) in [5.41, 5.74) is 1.12. The van der Waals surface area contributed by atoms with Gasteiger partial charge in [-0.2, -0.15) is 0 Å². The fourth-order valence-electron chi connectivity index (χ4n) is 3.62. The summed E-state index contributed by atoms with van der Waals surface area (Å²) in [5, 5.41) is 0. The van der Waals surface area contributed by atoms with Crippen LogP contribution in [0.15, 0.2) is 24.3 Å². The lowest BCUT2D eigenvalue weighted by atomic mass is 9.95. The Labute approximate surface area is 132 Å². The summed E-state index contributed by atoms with van der Waals surface area (Å²) in [5.74, 6) is 0.302. The summed E-state index contributed by atoms with van der Waals surface area (Å²) in [6, 6.07) is 6.70. The van der Waals surface area contributed by atoms with Crippen molar-refractivity contribution in [1.29, 1.82) is 0 Å². The molecule has 0 spiro atoms. The lowest BCUT2D eigenvalue weighted by Crippen LogP contribution is -2.46. The Hall–Kier alpha value is -1.42. The molecule has 0 bridgehead atoms. The SMILES string of the molecule is O=C([C@@H]1CCCN(Cc2ccc(F)cc2)C1)N1CCCCC1. The molecular weight excluding hydrogens is 279 g/mol. The second-order valence-corrected chi connectivity index (χ2v) is 6.59. The minimum atomic E-state index is -0.194. The first-order chi connectivity index (χ1) is 10.7. The highest BCUT2D eigenvalue weighted by Gasteiger charge is 2.29. The number of likely N-dealkylation sites (tertiary alicyclic amines) is 2.